The van der Waals surface area contributed by atoms with Crippen molar-refractivity contribution < 1.29 is 18.0 Å². The summed E-state index contributed by atoms with van der Waals surface area (Å²) in [5.74, 6) is -1.59. The number of rotatable bonds is 4. The van der Waals surface area contributed by atoms with E-state index in [-0.39, 0.29) is 18.0 Å². The van der Waals surface area contributed by atoms with Crippen LogP contribution in [0.25, 0.3) is 5.65 Å². The number of carbonyl (C=O) groups excluding carboxylic acids is 1. The van der Waals surface area contributed by atoms with Gasteiger partial charge in [-0.25, -0.2) is 0 Å². The van der Waals surface area contributed by atoms with Gasteiger partial charge in [-0.2, -0.15) is 17.7 Å². The van der Waals surface area contributed by atoms with Crippen LogP contribution in [0.5, 0.6) is 0 Å². The van der Waals surface area contributed by atoms with E-state index in [0.717, 1.165) is 0 Å². The number of nitrogens with two attached hydrogens (primary N) is 1. The highest BCUT2D eigenvalue weighted by Gasteiger charge is 2.37. The second-order valence-electron chi connectivity index (χ2n) is 5.11. The number of nitrogens with zero attached hydrogens (tertiary/aromatic N) is 4. The average Bonchev–Trinajstić information content (AvgIpc) is 2.79. The van der Waals surface area contributed by atoms with Crippen LogP contribution in [0, 0.1) is 5.41 Å². The highest BCUT2D eigenvalue weighted by molar-refractivity contribution is 5.80. The van der Waals surface area contributed by atoms with Crippen LogP contribution < -0.4 is 11.1 Å². The lowest BCUT2D eigenvalue weighted by Gasteiger charge is -2.20. The van der Waals surface area contributed by atoms with E-state index in [1.54, 1.807) is 13.8 Å². The van der Waals surface area contributed by atoms with Crippen LogP contribution in [0.15, 0.2) is 12.1 Å². The fraction of sp³-hybridized carbons (Fsp3) is 0.455. The molecule has 3 N–H and O–H groups in total. The smallest absolute Gasteiger partial charge is 0.369 e. The molecule has 21 heavy (non-hydrogen) atoms. The van der Waals surface area contributed by atoms with Crippen LogP contribution in [0.2, 0.25) is 0 Å². The molecule has 0 fully saturated rings. The number of aromatic nitrogens is 4. The first-order valence-corrected chi connectivity index (χ1v) is 5.95. The molecule has 114 valence electrons. The van der Waals surface area contributed by atoms with Crippen LogP contribution in [-0.2, 0) is 11.0 Å². The van der Waals surface area contributed by atoms with Gasteiger partial charge in [-0.05, 0) is 26.0 Å². The van der Waals surface area contributed by atoms with Gasteiger partial charge in [0.15, 0.2) is 5.65 Å². The molecule has 0 bridgehead atoms. The van der Waals surface area contributed by atoms with Crippen molar-refractivity contribution in [3.63, 3.8) is 0 Å². The van der Waals surface area contributed by atoms with Gasteiger partial charge in [-0.1, -0.05) is 0 Å². The minimum Gasteiger partial charge on any atom is -0.369 e. The summed E-state index contributed by atoms with van der Waals surface area (Å²) >= 11 is 0. The van der Waals surface area contributed by atoms with Crippen molar-refractivity contribution >= 4 is 17.4 Å². The largest absolute Gasteiger partial charge is 0.453 e. The Morgan fingerprint density at radius 2 is 2.00 bits per heavy atom. The van der Waals surface area contributed by atoms with Crippen LogP contribution in [-0.4, -0.2) is 32.3 Å². The Hall–Kier alpha value is -2.39. The van der Waals surface area contributed by atoms with Crippen molar-refractivity contribution in [3.8, 4) is 0 Å². The van der Waals surface area contributed by atoms with Gasteiger partial charge in [-0.15, -0.1) is 15.3 Å². The number of hydrogen-bond acceptors (Lipinski definition) is 5. The van der Waals surface area contributed by atoms with Crippen LogP contribution in [0.1, 0.15) is 19.7 Å². The molecule has 0 aliphatic heterocycles. The maximum Gasteiger partial charge on any atom is 0.453 e. The monoisotopic (exact) mass is 302 g/mol. The number of nitrogens with one attached hydrogen (secondary N) is 1. The molecule has 0 unspecified atom stereocenters. The second kappa shape index (κ2) is 4.86. The lowest BCUT2D eigenvalue weighted by molar-refractivity contribution is -0.146. The molecule has 0 aliphatic carbocycles. The Bertz CT molecular complexity index is 678. The first-order valence-electron chi connectivity index (χ1n) is 5.95. The van der Waals surface area contributed by atoms with Crippen molar-refractivity contribution in [1.29, 1.82) is 0 Å². The van der Waals surface area contributed by atoms with Crippen LogP contribution in [0.3, 0.4) is 0 Å². The summed E-state index contributed by atoms with van der Waals surface area (Å²) < 4.78 is 38.8. The van der Waals surface area contributed by atoms with Gasteiger partial charge in [0.2, 0.25) is 5.91 Å². The van der Waals surface area contributed by atoms with Gasteiger partial charge in [0.1, 0.15) is 5.82 Å². The molecule has 0 saturated heterocycles. The molecule has 7 nitrogen and oxygen atoms in total. The third kappa shape index (κ3) is 3.03. The fourth-order valence-corrected chi connectivity index (χ4v) is 1.46. The molecule has 2 aromatic heterocycles. The Morgan fingerprint density at radius 3 is 2.57 bits per heavy atom. The van der Waals surface area contributed by atoms with Crippen molar-refractivity contribution in [2.75, 3.05) is 11.9 Å². The molecular formula is C11H13F3N6O. The van der Waals surface area contributed by atoms with E-state index in [4.69, 9.17) is 5.73 Å². The molecule has 1 amide bonds. The minimum absolute atomic E-state index is 0.0259. The fourth-order valence-electron chi connectivity index (χ4n) is 1.46. The zero-order chi connectivity index (χ0) is 15.8. The first kappa shape index (κ1) is 15.0. The van der Waals surface area contributed by atoms with E-state index in [2.05, 4.69) is 20.6 Å². The molecule has 0 atom stereocenters. The molecule has 0 spiro atoms. The molecular weight excluding hydrogens is 289 g/mol. The van der Waals surface area contributed by atoms with E-state index in [1.807, 2.05) is 0 Å². The average molecular weight is 302 g/mol. The van der Waals surface area contributed by atoms with E-state index < -0.39 is 23.3 Å². The maximum absolute atomic E-state index is 12.7. The lowest BCUT2D eigenvalue weighted by atomic mass is 9.93. The third-order valence-corrected chi connectivity index (χ3v) is 2.89. The maximum atomic E-state index is 12.7. The van der Waals surface area contributed by atoms with E-state index in [9.17, 15) is 18.0 Å². The molecule has 0 aromatic carbocycles. The third-order valence-electron chi connectivity index (χ3n) is 2.89. The van der Waals surface area contributed by atoms with Crippen molar-refractivity contribution in [1.82, 2.24) is 19.8 Å². The molecule has 0 radical (unpaired) electrons. The van der Waals surface area contributed by atoms with Gasteiger partial charge >= 0.3 is 6.18 Å². The Balaban J connectivity index is 2.29. The standard InChI is InChI=1S/C11H13F3N6O/c1-10(2,8(15)21)5-16-6-3-4-7-17-18-9(11(12,13)14)20(7)19-6/h3-4H,5H2,1-2H3,(H2,15,21)(H,16,19). The normalized spacial score (nSPS) is 12.6. The SMILES string of the molecule is CC(C)(CNc1ccc2nnc(C(F)(F)F)n2n1)C(N)=O. The summed E-state index contributed by atoms with van der Waals surface area (Å²) in [6.07, 6.45) is -4.66. The number of alkyl halides is 3. The van der Waals surface area contributed by atoms with Gasteiger partial charge in [0.25, 0.3) is 5.82 Å². The molecule has 0 aliphatic rings. The van der Waals surface area contributed by atoms with Gasteiger partial charge in [0.05, 0.1) is 5.41 Å². The summed E-state index contributed by atoms with van der Waals surface area (Å²) in [4.78, 5) is 11.2. The molecule has 2 rings (SSSR count). The molecule has 2 heterocycles. The predicted octanol–water partition coefficient (Wildman–Crippen LogP) is 1.07. The van der Waals surface area contributed by atoms with Gasteiger partial charge < -0.3 is 11.1 Å². The summed E-state index contributed by atoms with van der Waals surface area (Å²) in [6, 6.07) is 2.79. The topological polar surface area (TPSA) is 98.2 Å². The Morgan fingerprint density at radius 1 is 1.33 bits per heavy atom. The first-order chi connectivity index (χ1) is 9.61. The number of fused-ring (bicyclic) bond motifs is 1. The van der Waals surface area contributed by atoms with Crippen molar-refractivity contribution in [2.45, 2.75) is 20.0 Å². The molecule has 10 heteroatoms. The van der Waals surface area contributed by atoms with Crippen molar-refractivity contribution in [2.24, 2.45) is 11.1 Å². The zero-order valence-electron chi connectivity index (χ0n) is 11.3. The number of carbonyl (C=O) groups is 1. The number of primary amides is 1. The van der Waals surface area contributed by atoms with Crippen LogP contribution >= 0.6 is 0 Å². The Kier molecular flexibility index (Phi) is 3.47. The summed E-state index contributed by atoms with van der Waals surface area (Å²) in [5.41, 5.74) is 4.33. The predicted molar refractivity (Wildman–Crippen MR) is 67.2 cm³/mol. The minimum atomic E-state index is -4.66. The van der Waals surface area contributed by atoms with Gasteiger partial charge in [0, 0.05) is 6.54 Å². The second-order valence-corrected chi connectivity index (χ2v) is 5.11. The van der Waals surface area contributed by atoms with E-state index >= 15 is 0 Å². The highest BCUT2D eigenvalue weighted by Crippen LogP contribution is 2.27. The summed E-state index contributed by atoms with van der Waals surface area (Å²) in [7, 11) is 0. The van der Waals surface area contributed by atoms with E-state index in [0.29, 0.717) is 4.52 Å². The highest BCUT2D eigenvalue weighted by atomic mass is 19.4. The van der Waals surface area contributed by atoms with Crippen LogP contribution in [0.4, 0.5) is 19.0 Å². The lowest BCUT2D eigenvalue weighted by Crippen LogP contribution is -2.37. The number of anilines is 1. The number of halogens is 3. The summed E-state index contributed by atoms with van der Waals surface area (Å²) in [6.45, 7) is 3.35. The van der Waals surface area contributed by atoms with Gasteiger partial charge in [-0.3, -0.25) is 4.79 Å². The van der Waals surface area contributed by atoms with Crippen molar-refractivity contribution in [3.05, 3.63) is 18.0 Å². The summed E-state index contributed by atoms with van der Waals surface area (Å²) in [5, 5.41) is 13.0. The molecule has 2 aromatic rings. The quantitative estimate of drug-likeness (QED) is 0.880. The van der Waals surface area contributed by atoms with E-state index in [1.165, 1.54) is 12.1 Å². The molecule has 0 saturated carbocycles. The number of hydrogen-bond donors (Lipinski definition) is 2. The zero-order valence-corrected chi connectivity index (χ0v) is 11.3. The number of amides is 1. The Labute approximate surface area is 117 Å².